The van der Waals surface area contributed by atoms with Crippen LogP contribution in [-0.2, 0) is 22.6 Å². The Balaban J connectivity index is 1.78. The molecule has 0 saturated heterocycles. The van der Waals surface area contributed by atoms with Crippen molar-refractivity contribution in [1.29, 1.82) is 0 Å². The molecule has 3 aromatic rings. The molecule has 0 atom stereocenters. The van der Waals surface area contributed by atoms with Gasteiger partial charge in [0.05, 0.1) is 42.6 Å². The summed E-state index contributed by atoms with van der Waals surface area (Å²) in [6.07, 6.45) is 1.56. The summed E-state index contributed by atoms with van der Waals surface area (Å²) in [4.78, 5) is 29.5. The summed E-state index contributed by atoms with van der Waals surface area (Å²) < 4.78 is 12.6. The number of methoxy groups -OCH3 is 1. The molecule has 7 nitrogen and oxygen atoms in total. The Bertz CT molecular complexity index is 988. The molecular formula is C18H18BrN3O4S. The van der Waals surface area contributed by atoms with E-state index in [0.717, 1.165) is 4.47 Å². The summed E-state index contributed by atoms with van der Waals surface area (Å²) in [5, 5.41) is 3.78. The Hall–Kier alpha value is -2.10. The van der Waals surface area contributed by atoms with Crippen molar-refractivity contribution in [1.82, 2.24) is 14.9 Å². The maximum atomic E-state index is 12.9. The number of thioether (sulfide) groups is 1. The molecule has 1 amide bonds. The second kappa shape index (κ2) is 9.20. The van der Waals surface area contributed by atoms with Gasteiger partial charge in [0.25, 0.3) is 5.56 Å². The number of hydrogen-bond acceptors (Lipinski definition) is 6. The molecule has 0 saturated carbocycles. The molecule has 142 valence electrons. The first-order valence-electron chi connectivity index (χ1n) is 8.19. The highest BCUT2D eigenvalue weighted by atomic mass is 79.9. The average molecular weight is 452 g/mol. The summed E-state index contributed by atoms with van der Waals surface area (Å²) >= 11 is 4.60. The number of nitrogens with one attached hydrogen (secondary N) is 1. The van der Waals surface area contributed by atoms with Crippen LogP contribution in [0, 0.1) is 0 Å². The molecular weight excluding hydrogens is 434 g/mol. The van der Waals surface area contributed by atoms with Crippen molar-refractivity contribution >= 4 is 44.5 Å². The van der Waals surface area contributed by atoms with Crippen molar-refractivity contribution in [2.75, 3.05) is 19.5 Å². The van der Waals surface area contributed by atoms with Crippen LogP contribution in [0.5, 0.6) is 0 Å². The van der Waals surface area contributed by atoms with Gasteiger partial charge in [-0.1, -0.05) is 27.7 Å². The number of aromatic nitrogens is 2. The normalized spacial score (nSPS) is 11.0. The Kier molecular flexibility index (Phi) is 6.70. The second-order valence-corrected chi connectivity index (χ2v) is 7.51. The number of furan rings is 1. The number of rotatable bonds is 8. The van der Waals surface area contributed by atoms with Crippen molar-refractivity contribution < 1.29 is 13.9 Å². The zero-order chi connectivity index (χ0) is 19.2. The number of carbonyl (C=O) groups excluding carboxylic acids is 1. The van der Waals surface area contributed by atoms with E-state index in [9.17, 15) is 9.59 Å². The summed E-state index contributed by atoms with van der Waals surface area (Å²) in [5.74, 6) is 0.655. The van der Waals surface area contributed by atoms with Gasteiger partial charge in [-0.25, -0.2) is 4.98 Å². The van der Waals surface area contributed by atoms with Gasteiger partial charge in [-0.15, -0.1) is 0 Å². The number of halogens is 1. The number of amides is 1. The number of fused-ring (bicyclic) bond motifs is 1. The van der Waals surface area contributed by atoms with E-state index in [-0.39, 0.29) is 17.2 Å². The molecule has 3 rings (SSSR count). The fourth-order valence-electron chi connectivity index (χ4n) is 2.44. The van der Waals surface area contributed by atoms with Gasteiger partial charge in [-0.2, -0.15) is 0 Å². The van der Waals surface area contributed by atoms with Gasteiger partial charge in [0.15, 0.2) is 5.16 Å². The lowest BCUT2D eigenvalue weighted by Crippen LogP contribution is -2.27. The molecule has 0 spiro atoms. The highest BCUT2D eigenvalue weighted by Crippen LogP contribution is 2.20. The molecule has 27 heavy (non-hydrogen) atoms. The number of hydrogen-bond donors (Lipinski definition) is 1. The highest BCUT2D eigenvalue weighted by Gasteiger charge is 2.14. The fourth-order valence-corrected chi connectivity index (χ4v) is 3.66. The Morgan fingerprint density at radius 2 is 2.26 bits per heavy atom. The monoisotopic (exact) mass is 451 g/mol. The molecule has 1 aromatic carbocycles. The molecule has 0 radical (unpaired) electrons. The van der Waals surface area contributed by atoms with Crippen molar-refractivity contribution in [3.63, 3.8) is 0 Å². The van der Waals surface area contributed by atoms with E-state index in [1.807, 2.05) is 6.07 Å². The first-order valence-corrected chi connectivity index (χ1v) is 9.97. The van der Waals surface area contributed by atoms with Crippen LogP contribution in [0.15, 0.2) is 55.4 Å². The predicted octanol–water partition coefficient (Wildman–Crippen LogP) is 2.81. The zero-order valence-corrected chi connectivity index (χ0v) is 17.0. The van der Waals surface area contributed by atoms with Crippen molar-refractivity contribution in [3.8, 4) is 0 Å². The Morgan fingerprint density at radius 3 is 3.00 bits per heavy atom. The highest BCUT2D eigenvalue weighted by molar-refractivity contribution is 9.10. The van der Waals surface area contributed by atoms with E-state index in [0.29, 0.717) is 41.5 Å². The molecule has 0 unspecified atom stereocenters. The van der Waals surface area contributed by atoms with Crippen LogP contribution < -0.4 is 10.9 Å². The van der Waals surface area contributed by atoms with E-state index < -0.39 is 0 Å². The van der Waals surface area contributed by atoms with Crippen LogP contribution >= 0.6 is 27.7 Å². The van der Waals surface area contributed by atoms with Gasteiger partial charge >= 0.3 is 0 Å². The molecule has 1 N–H and O–H groups in total. The van der Waals surface area contributed by atoms with E-state index >= 15 is 0 Å². The first-order chi connectivity index (χ1) is 13.1. The third-order valence-corrected chi connectivity index (χ3v) is 5.24. The van der Waals surface area contributed by atoms with Gasteiger partial charge in [0.2, 0.25) is 5.91 Å². The Labute approximate surface area is 168 Å². The van der Waals surface area contributed by atoms with E-state index in [1.165, 1.54) is 11.8 Å². The van der Waals surface area contributed by atoms with Crippen molar-refractivity contribution in [3.05, 3.63) is 57.2 Å². The number of carbonyl (C=O) groups is 1. The lowest BCUT2D eigenvalue weighted by Gasteiger charge is -2.13. The van der Waals surface area contributed by atoms with E-state index in [1.54, 1.807) is 42.2 Å². The summed E-state index contributed by atoms with van der Waals surface area (Å²) in [5.41, 5.74) is 0.437. The third-order valence-electron chi connectivity index (χ3n) is 3.77. The van der Waals surface area contributed by atoms with Crippen LogP contribution in [0.3, 0.4) is 0 Å². The minimum atomic E-state index is -0.167. The molecule has 0 aliphatic rings. The quantitative estimate of drug-likeness (QED) is 0.418. The second-order valence-electron chi connectivity index (χ2n) is 5.65. The molecule has 0 aliphatic carbocycles. The van der Waals surface area contributed by atoms with Crippen LogP contribution in [0.4, 0.5) is 0 Å². The maximum absolute atomic E-state index is 12.9. The van der Waals surface area contributed by atoms with Crippen molar-refractivity contribution in [2.45, 2.75) is 18.2 Å². The van der Waals surface area contributed by atoms with Crippen LogP contribution in [0.1, 0.15) is 5.76 Å². The molecule has 2 aromatic heterocycles. The number of benzene rings is 1. The minimum Gasteiger partial charge on any atom is -0.467 e. The lowest BCUT2D eigenvalue weighted by atomic mass is 10.2. The van der Waals surface area contributed by atoms with Crippen LogP contribution in [0.2, 0.25) is 0 Å². The number of nitrogens with zero attached hydrogens (tertiary/aromatic N) is 2. The van der Waals surface area contributed by atoms with Gasteiger partial charge in [0.1, 0.15) is 5.76 Å². The molecule has 0 aliphatic heterocycles. The molecule has 2 heterocycles. The van der Waals surface area contributed by atoms with Crippen LogP contribution in [-0.4, -0.2) is 34.9 Å². The lowest BCUT2D eigenvalue weighted by molar-refractivity contribution is -0.118. The maximum Gasteiger partial charge on any atom is 0.262 e. The number of ether oxygens (including phenoxy) is 1. The fraction of sp³-hybridized carbons (Fsp3) is 0.278. The Morgan fingerprint density at radius 1 is 1.41 bits per heavy atom. The summed E-state index contributed by atoms with van der Waals surface area (Å²) in [6, 6.07) is 8.92. The van der Waals surface area contributed by atoms with Gasteiger partial charge in [-0.3, -0.25) is 14.2 Å². The minimum absolute atomic E-state index is 0.141. The largest absolute Gasteiger partial charge is 0.467 e. The predicted molar refractivity (Wildman–Crippen MR) is 107 cm³/mol. The first kappa shape index (κ1) is 19.7. The summed E-state index contributed by atoms with van der Waals surface area (Å²) in [6.45, 7) is 1.06. The standard InChI is InChI=1S/C18H18BrN3O4S/c1-25-8-6-22-17(24)14-9-12(19)4-5-15(14)21-18(22)27-11-16(23)20-10-13-3-2-7-26-13/h2-5,7,9H,6,8,10-11H2,1H3,(H,20,23). The zero-order valence-electron chi connectivity index (χ0n) is 14.6. The van der Waals surface area contributed by atoms with E-state index in [4.69, 9.17) is 9.15 Å². The SMILES string of the molecule is COCCn1c(SCC(=O)NCc2ccco2)nc2ccc(Br)cc2c1=O. The average Bonchev–Trinajstić information content (AvgIpc) is 3.18. The smallest absolute Gasteiger partial charge is 0.262 e. The third kappa shape index (κ3) is 5.00. The molecule has 0 fully saturated rings. The van der Waals surface area contributed by atoms with Gasteiger partial charge in [0, 0.05) is 11.6 Å². The van der Waals surface area contributed by atoms with Gasteiger partial charge in [-0.05, 0) is 30.3 Å². The van der Waals surface area contributed by atoms with E-state index in [2.05, 4.69) is 26.2 Å². The van der Waals surface area contributed by atoms with Gasteiger partial charge < -0.3 is 14.5 Å². The molecule has 9 heteroatoms. The topological polar surface area (TPSA) is 86.4 Å². The van der Waals surface area contributed by atoms with Crippen molar-refractivity contribution in [2.24, 2.45) is 0 Å². The summed E-state index contributed by atoms with van der Waals surface area (Å²) in [7, 11) is 1.57. The molecule has 0 bridgehead atoms. The van der Waals surface area contributed by atoms with Crippen LogP contribution in [0.25, 0.3) is 10.9 Å².